The van der Waals surface area contributed by atoms with Gasteiger partial charge in [0.15, 0.2) is 11.6 Å². The minimum absolute atomic E-state index is 0.0169. The molecule has 144 valence electrons. The average Bonchev–Trinajstić information content (AvgIpc) is 3.29. The molecule has 3 aromatic rings. The fraction of sp³-hybridized carbons (Fsp3) is 0.286. The molecule has 1 saturated heterocycles. The van der Waals surface area contributed by atoms with Crippen molar-refractivity contribution in [3.63, 3.8) is 0 Å². The molecule has 7 nitrogen and oxygen atoms in total. The highest BCUT2D eigenvalue weighted by Gasteiger charge is 2.24. The SMILES string of the molecule is COc1ccccc1C(=O)N1CCN(Cc2cnc(-c3ccco3)nc2)CC1. The summed E-state index contributed by atoms with van der Waals surface area (Å²) in [5.74, 6) is 1.88. The van der Waals surface area contributed by atoms with Crippen LogP contribution in [-0.2, 0) is 6.54 Å². The van der Waals surface area contributed by atoms with Crippen LogP contribution in [0.3, 0.4) is 0 Å². The Bertz CT molecular complexity index is 917. The van der Waals surface area contributed by atoms with Gasteiger partial charge in [0.05, 0.1) is 18.9 Å². The Morgan fingerprint density at radius 2 is 1.82 bits per heavy atom. The van der Waals surface area contributed by atoms with Gasteiger partial charge in [-0.15, -0.1) is 0 Å². The number of amides is 1. The van der Waals surface area contributed by atoms with Crippen molar-refractivity contribution < 1.29 is 13.9 Å². The molecular weight excluding hydrogens is 356 g/mol. The second-order valence-corrected chi connectivity index (χ2v) is 6.66. The Morgan fingerprint density at radius 3 is 2.50 bits per heavy atom. The molecule has 0 aliphatic carbocycles. The molecule has 2 aromatic heterocycles. The molecule has 28 heavy (non-hydrogen) atoms. The fourth-order valence-electron chi connectivity index (χ4n) is 3.33. The second kappa shape index (κ2) is 8.22. The van der Waals surface area contributed by atoms with Gasteiger partial charge in [0.1, 0.15) is 5.75 Å². The van der Waals surface area contributed by atoms with E-state index in [9.17, 15) is 4.79 Å². The number of benzene rings is 1. The molecule has 1 amide bonds. The number of furan rings is 1. The van der Waals surface area contributed by atoms with Crippen LogP contribution < -0.4 is 4.74 Å². The van der Waals surface area contributed by atoms with Crippen LogP contribution in [0.5, 0.6) is 5.75 Å². The number of ether oxygens (including phenoxy) is 1. The Kier molecular flexibility index (Phi) is 5.34. The van der Waals surface area contributed by atoms with Crippen molar-refractivity contribution in [3.05, 3.63) is 66.2 Å². The molecule has 0 spiro atoms. The lowest BCUT2D eigenvalue weighted by molar-refractivity contribution is 0.0625. The molecule has 1 fully saturated rings. The van der Waals surface area contributed by atoms with Gasteiger partial charge in [0.2, 0.25) is 0 Å². The Balaban J connectivity index is 1.33. The molecule has 0 unspecified atom stereocenters. The highest BCUT2D eigenvalue weighted by molar-refractivity contribution is 5.97. The summed E-state index contributed by atoms with van der Waals surface area (Å²) >= 11 is 0. The van der Waals surface area contributed by atoms with Crippen LogP contribution in [0.1, 0.15) is 15.9 Å². The number of nitrogens with zero attached hydrogens (tertiary/aromatic N) is 4. The molecule has 0 saturated carbocycles. The van der Waals surface area contributed by atoms with E-state index in [2.05, 4.69) is 14.9 Å². The van der Waals surface area contributed by atoms with E-state index < -0.39 is 0 Å². The van der Waals surface area contributed by atoms with E-state index in [1.54, 1.807) is 13.4 Å². The minimum atomic E-state index is 0.0169. The van der Waals surface area contributed by atoms with Gasteiger partial charge < -0.3 is 14.1 Å². The first-order valence-corrected chi connectivity index (χ1v) is 9.24. The monoisotopic (exact) mass is 378 g/mol. The number of methoxy groups -OCH3 is 1. The Labute approximate surface area is 163 Å². The van der Waals surface area contributed by atoms with E-state index in [1.165, 1.54) is 0 Å². The highest BCUT2D eigenvalue weighted by Crippen LogP contribution is 2.20. The van der Waals surface area contributed by atoms with Crippen molar-refractivity contribution in [2.45, 2.75) is 6.54 Å². The zero-order valence-electron chi connectivity index (χ0n) is 15.7. The van der Waals surface area contributed by atoms with Crippen molar-refractivity contribution in [2.75, 3.05) is 33.3 Å². The number of piperazine rings is 1. The van der Waals surface area contributed by atoms with Gasteiger partial charge >= 0.3 is 0 Å². The number of hydrogen-bond donors (Lipinski definition) is 0. The van der Waals surface area contributed by atoms with Crippen molar-refractivity contribution in [2.24, 2.45) is 0 Å². The number of para-hydroxylation sites is 1. The summed E-state index contributed by atoms with van der Waals surface area (Å²) in [6.45, 7) is 3.74. The van der Waals surface area contributed by atoms with Crippen LogP contribution in [0.4, 0.5) is 0 Å². The van der Waals surface area contributed by atoms with E-state index in [4.69, 9.17) is 9.15 Å². The molecular formula is C21H22N4O3. The summed E-state index contributed by atoms with van der Waals surface area (Å²) in [4.78, 5) is 25.7. The smallest absolute Gasteiger partial charge is 0.257 e. The third kappa shape index (κ3) is 3.89. The number of aromatic nitrogens is 2. The summed E-state index contributed by atoms with van der Waals surface area (Å²) in [7, 11) is 1.59. The first kappa shape index (κ1) is 18.2. The standard InChI is InChI=1S/C21H22N4O3/c1-27-18-6-3-2-5-17(18)21(26)25-10-8-24(9-11-25)15-16-13-22-20(23-14-16)19-7-4-12-28-19/h2-7,12-14H,8-11,15H2,1H3. The molecule has 1 aromatic carbocycles. The number of rotatable bonds is 5. The van der Waals surface area contributed by atoms with Crippen LogP contribution in [-0.4, -0.2) is 59.0 Å². The maximum Gasteiger partial charge on any atom is 0.257 e. The molecule has 0 radical (unpaired) electrons. The first-order chi connectivity index (χ1) is 13.7. The summed E-state index contributed by atoms with van der Waals surface area (Å²) in [6.07, 6.45) is 5.27. The van der Waals surface area contributed by atoms with E-state index in [-0.39, 0.29) is 5.91 Å². The zero-order chi connectivity index (χ0) is 19.3. The highest BCUT2D eigenvalue weighted by atomic mass is 16.5. The normalized spacial score (nSPS) is 14.8. The van der Waals surface area contributed by atoms with Crippen LogP contribution in [0.2, 0.25) is 0 Å². The molecule has 0 bridgehead atoms. The van der Waals surface area contributed by atoms with Crippen molar-refractivity contribution in [3.8, 4) is 17.3 Å². The van der Waals surface area contributed by atoms with E-state index in [1.807, 2.05) is 53.7 Å². The van der Waals surface area contributed by atoms with E-state index in [0.717, 1.165) is 25.2 Å². The predicted molar refractivity (Wildman–Crippen MR) is 104 cm³/mol. The number of carbonyl (C=O) groups is 1. The fourth-order valence-corrected chi connectivity index (χ4v) is 3.33. The molecule has 4 rings (SSSR count). The van der Waals surface area contributed by atoms with Gasteiger partial charge in [0.25, 0.3) is 5.91 Å². The quantitative estimate of drug-likeness (QED) is 0.680. The largest absolute Gasteiger partial charge is 0.496 e. The summed E-state index contributed by atoms with van der Waals surface area (Å²) < 4.78 is 10.6. The van der Waals surface area contributed by atoms with Crippen molar-refractivity contribution >= 4 is 5.91 Å². The van der Waals surface area contributed by atoms with Gasteiger partial charge in [-0.3, -0.25) is 9.69 Å². The summed E-state index contributed by atoms with van der Waals surface area (Å²) in [6, 6.07) is 11.0. The molecule has 7 heteroatoms. The second-order valence-electron chi connectivity index (χ2n) is 6.66. The molecule has 1 aliphatic heterocycles. The lowest BCUT2D eigenvalue weighted by Crippen LogP contribution is -2.48. The average molecular weight is 378 g/mol. The predicted octanol–water partition coefficient (Wildman–Crippen LogP) is 2.70. The Morgan fingerprint density at radius 1 is 1.07 bits per heavy atom. The van der Waals surface area contributed by atoms with Gasteiger partial charge in [0, 0.05) is 50.7 Å². The number of carbonyl (C=O) groups excluding carboxylic acids is 1. The summed E-state index contributed by atoms with van der Waals surface area (Å²) in [5.41, 5.74) is 1.65. The lowest BCUT2D eigenvalue weighted by Gasteiger charge is -2.34. The third-order valence-electron chi connectivity index (χ3n) is 4.85. The molecule has 1 aliphatic rings. The molecule has 0 N–H and O–H groups in total. The van der Waals surface area contributed by atoms with Gasteiger partial charge in [-0.05, 0) is 24.3 Å². The van der Waals surface area contributed by atoms with Crippen LogP contribution in [0, 0.1) is 0 Å². The lowest BCUT2D eigenvalue weighted by atomic mass is 10.1. The van der Waals surface area contributed by atoms with Crippen LogP contribution >= 0.6 is 0 Å². The van der Waals surface area contributed by atoms with Gasteiger partial charge in [-0.1, -0.05) is 12.1 Å². The van der Waals surface area contributed by atoms with Crippen LogP contribution in [0.25, 0.3) is 11.6 Å². The Hall–Kier alpha value is -3.19. The first-order valence-electron chi connectivity index (χ1n) is 9.24. The van der Waals surface area contributed by atoms with Crippen molar-refractivity contribution in [1.82, 2.24) is 19.8 Å². The maximum absolute atomic E-state index is 12.8. The van der Waals surface area contributed by atoms with Crippen LogP contribution in [0.15, 0.2) is 59.5 Å². The van der Waals surface area contributed by atoms with E-state index in [0.29, 0.717) is 36.0 Å². The zero-order valence-corrected chi connectivity index (χ0v) is 15.7. The van der Waals surface area contributed by atoms with Gasteiger partial charge in [-0.2, -0.15) is 0 Å². The molecule has 3 heterocycles. The maximum atomic E-state index is 12.8. The topological polar surface area (TPSA) is 71.7 Å². The third-order valence-corrected chi connectivity index (χ3v) is 4.85. The number of hydrogen-bond acceptors (Lipinski definition) is 6. The minimum Gasteiger partial charge on any atom is -0.496 e. The van der Waals surface area contributed by atoms with Gasteiger partial charge in [-0.25, -0.2) is 9.97 Å². The van der Waals surface area contributed by atoms with E-state index >= 15 is 0 Å². The summed E-state index contributed by atoms with van der Waals surface area (Å²) in [5, 5.41) is 0. The van der Waals surface area contributed by atoms with Crippen molar-refractivity contribution in [1.29, 1.82) is 0 Å². The molecule has 0 atom stereocenters.